The van der Waals surface area contributed by atoms with Crippen molar-refractivity contribution in [3.05, 3.63) is 50.2 Å². The molecule has 0 saturated carbocycles. The largest absolute Gasteiger partial charge is 0.344 e. The number of nitrogens with one attached hydrogen (secondary N) is 2. The van der Waals surface area contributed by atoms with Crippen LogP contribution in [0.1, 0.15) is 34.7 Å². The lowest BCUT2D eigenvalue weighted by atomic mass is 10.1. The van der Waals surface area contributed by atoms with Crippen molar-refractivity contribution in [2.75, 3.05) is 0 Å². The molecule has 1 unspecified atom stereocenters. The average Bonchev–Trinajstić information content (AvgIpc) is 2.70. The van der Waals surface area contributed by atoms with Crippen molar-refractivity contribution in [3.8, 4) is 0 Å². The number of nitrogens with zero attached hydrogens (tertiary/aromatic N) is 1. The summed E-state index contributed by atoms with van der Waals surface area (Å²) in [5.41, 5.74) is 2.24. The Morgan fingerprint density at radius 3 is 2.74 bits per heavy atom. The molecule has 0 radical (unpaired) electrons. The van der Waals surface area contributed by atoms with Crippen LogP contribution < -0.4 is 5.32 Å². The van der Waals surface area contributed by atoms with Crippen molar-refractivity contribution in [1.29, 1.82) is 0 Å². The van der Waals surface area contributed by atoms with Crippen LogP contribution in [0.15, 0.2) is 33.2 Å². The molecule has 19 heavy (non-hydrogen) atoms. The molecule has 0 spiro atoms. The standard InChI is InChI=1S/C13H13Br2N3O/c1-7(9-4-3-5-10(14)6-9)16-13(19)12-11(15)8(2)17-18-12/h3-7H,1-2H3,(H,16,19)(H,17,18). The lowest BCUT2D eigenvalue weighted by Gasteiger charge is -2.13. The van der Waals surface area contributed by atoms with Crippen LogP contribution in [-0.2, 0) is 0 Å². The molecule has 0 aliphatic heterocycles. The molecule has 0 aliphatic rings. The Kier molecular flexibility index (Phi) is 4.42. The van der Waals surface area contributed by atoms with Gasteiger partial charge in [-0.2, -0.15) is 5.10 Å². The molecule has 1 heterocycles. The van der Waals surface area contributed by atoms with Gasteiger partial charge in [-0.05, 0) is 47.5 Å². The van der Waals surface area contributed by atoms with Gasteiger partial charge in [0.1, 0.15) is 0 Å². The molecule has 0 aliphatic carbocycles. The van der Waals surface area contributed by atoms with E-state index in [0.29, 0.717) is 10.2 Å². The average molecular weight is 387 g/mol. The third-order valence-corrected chi connectivity index (χ3v) is 4.25. The van der Waals surface area contributed by atoms with E-state index in [1.807, 2.05) is 38.1 Å². The monoisotopic (exact) mass is 385 g/mol. The molecule has 2 rings (SSSR count). The number of benzene rings is 1. The van der Waals surface area contributed by atoms with E-state index >= 15 is 0 Å². The van der Waals surface area contributed by atoms with Crippen molar-refractivity contribution >= 4 is 37.8 Å². The van der Waals surface area contributed by atoms with Crippen molar-refractivity contribution < 1.29 is 4.79 Å². The summed E-state index contributed by atoms with van der Waals surface area (Å²) in [4.78, 5) is 12.1. The van der Waals surface area contributed by atoms with Gasteiger partial charge in [-0.25, -0.2) is 0 Å². The number of carbonyl (C=O) groups is 1. The molecule has 0 bridgehead atoms. The normalized spacial score (nSPS) is 12.2. The number of aryl methyl sites for hydroxylation is 1. The number of hydrogen-bond donors (Lipinski definition) is 2. The molecule has 6 heteroatoms. The minimum atomic E-state index is -0.205. The van der Waals surface area contributed by atoms with Crippen LogP contribution in [0.5, 0.6) is 0 Å². The Balaban J connectivity index is 2.13. The fraction of sp³-hybridized carbons (Fsp3) is 0.231. The first-order valence-electron chi connectivity index (χ1n) is 5.76. The van der Waals surface area contributed by atoms with Gasteiger partial charge in [-0.3, -0.25) is 9.89 Å². The second kappa shape index (κ2) is 5.88. The van der Waals surface area contributed by atoms with Crippen LogP contribution in [0, 0.1) is 6.92 Å². The smallest absolute Gasteiger partial charge is 0.273 e. The summed E-state index contributed by atoms with van der Waals surface area (Å²) in [6.07, 6.45) is 0. The number of rotatable bonds is 3. The van der Waals surface area contributed by atoms with Gasteiger partial charge in [-0.15, -0.1) is 0 Å². The Hall–Kier alpha value is -1.14. The molecular weight excluding hydrogens is 374 g/mol. The molecule has 0 saturated heterocycles. The fourth-order valence-electron chi connectivity index (χ4n) is 1.69. The summed E-state index contributed by atoms with van der Waals surface area (Å²) in [6.45, 7) is 3.79. The zero-order chi connectivity index (χ0) is 14.0. The molecule has 1 atom stereocenters. The molecule has 2 aromatic rings. The van der Waals surface area contributed by atoms with Crippen LogP contribution in [0.4, 0.5) is 0 Å². The number of hydrogen-bond acceptors (Lipinski definition) is 2. The van der Waals surface area contributed by atoms with Crippen LogP contribution >= 0.6 is 31.9 Å². The van der Waals surface area contributed by atoms with Gasteiger partial charge in [0.25, 0.3) is 5.91 Å². The van der Waals surface area contributed by atoms with Crippen molar-refractivity contribution in [1.82, 2.24) is 15.5 Å². The van der Waals surface area contributed by atoms with E-state index < -0.39 is 0 Å². The van der Waals surface area contributed by atoms with E-state index in [-0.39, 0.29) is 11.9 Å². The third kappa shape index (κ3) is 3.25. The number of carbonyl (C=O) groups excluding carboxylic acids is 1. The molecule has 2 N–H and O–H groups in total. The zero-order valence-electron chi connectivity index (χ0n) is 10.5. The van der Waals surface area contributed by atoms with Crippen molar-refractivity contribution in [2.45, 2.75) is 19.9 Å². The lowest BCUT2D eigenvalue weighted by molar-refractivity contribution is 0.0934. The highest BCUT2D eigenvalue weighted by molar-refractivity contribution is 9.10. The number of aromatic amines is 1. The van der Waals surface area contributed by atoms with E-state index in [2.05, 4.69) is 47.4 Å². The molecule has 1 amide bonds. The maximum Gasteiger partial charge on any atom is 0.273 e. The van der Waals surface area contributed by atoms with Gasteiger partial charge < -0.3 is 5.32 Å². The van der Waals surface area contributed by atoms with Crippen LogP contribution in [0.25, 0.3) is 0 Å². The molecule has 1 aromatic carbocycles. The van der Waals surface area contributed by atoms with E-state index in [9.17, 15) is 4.79 Å². The summed E-state index contributed by atoms with van der Waals surface area (Å²) >= 11 is 6.77. The molecule has 1 aromatic heterocycles. The summed E-state index contributed by atoms with van der Waals surface area (Å²) in [5, 5.41) is 9.68. The second-order valence-corrected chi connectivity index (χ2v) is 5.97. The Morgan fingerprint density at radius 2 is 2.16 bits per heavy atom. The number of aromatic nitrogens is 2. The first-order chi connectivity index (χ1) is 8.99. The summed E-state index contributed by atoms with van der Waals surface area (Å²) < 4.78 is 1.69. The van der Waals surface area contributed by atoms with E-state index in [4.69, 9.17) is 0 Å². The van der Waals surface area contributed by atoms with E-state index in [1.54, 1.807) is 0 Å². The molecule has 4 nitrogen and oxygen atoms in total. The summed E-state index contributed by atoms with van der Waals surface area (Å²) in [5.74, 6) is -0.205. The van der Waals surface area contributed by atoms with Crippen LogP contribution in [-0.4, -0.2) is 16.1 Å². The Labute approximate surface area is 128 Å². The maximum absolute atomic E-state index is 12.1. The highest BCUT2D eigenvalue weighted by atomic mass is 79.9. The number of halogens is 2. The van der Waals surface area contributed by atoms with E-state index in [0.717, 1.165) is 15.7 Å². The van der Waals surface area contributed by atoms with Crippen molar-refractivity contribution in [3.63, 3.8) is 0 Å². The highest BCUT2D eigenvalue weighted by Crippen LogP contribution is 2.21. The first kappa shape index (κ1) is 14.3. The Bertz CT molecular complexity index is 610. The number of amides is 1. The van der Waals surface area contributed by atoms with Gasteiger partial charge in [0.15, 0.2) is 5.69 Å². The van der Waals surface area contributed by atoms with Gasteiger partial charge in [0.05, 0.1) is 10.5 Å². The zero-order valence-corrected chi connectivity index (χ0v) is 13.7. The van der Waals surface area contributed by atoms with Crippen LogP contribution in [0.3, 0.4) is 0 Å². The van der Waals surface area contributed by atoms with Gasteiger partial charge in [0, 0.05) is 10.2 Å². The van der Waals surface area contributed by atoms with Gasteiger partial charge in [0.2, 0.25) is 0 Å². The molecule has 0 fully saturated rings. The number of H-pyrrole nitrogens is 1. The first-order valence-corrected chi connectivity index (χ1v) is 7.34. The van der Waals surface area contributed by atoms with Crippen molar-refractivity contribution in [2.24, 2.45) is 0 Å². The van der Waals surface area contributed by atoms with Crippen LogP contribution in [0.2, 0.25) is 0 Å². The highest BCUT2D eigenvalue weighted by Gasteiger charge is 2.18. The predicted molar refractivity (Wildman–Crippen MR) is 81.0 cm³/mol. The lowest BCUT2D eigenvalue weighted by Crippen LogP contribution is -2.27. The topological polar surface area (TPSA) is 57.8 Å². The fourth-order valence-corrected chi connectivity index (χ4v) is 2.46. The minimum Gasteiger partial charge on any atom is -0.344 e. The second-order valence-electron chi connectivity index (χ2n) is 4.26. The predicted octanol–water partition coefficient (Wildman–Crippen LogP) is 3.73. The summed E-state index contributed by atoms with van der Waals surface area (Å²) in [6, 6.07) is 7.76. The third-order valence-electron chi connectivity index (χ3n) is 2.78. The molecule has 100 valence electrons. The maximum atomic E-state index is 12.1. The van der Waals surface area contributed by atoms with Gasteiger partial charge >= 0.3 is 0 Å². The van der Waals surface area contributed by atoms with Gasteiger partial charge in [-0.1, -0.05) is 28.1 Å². The molecular formula is C13H13Br2N3O. The minimum absolute atomic E-state index is 0.0890. The quantitative estimate of drug-likeness (QED) is 0.844. The van der Waals surface area contributed by atoms with E-state index in [1.165, 1.54) is 0 Å². The summed E-state index contributed by atoms with van der Waals surface area (Å²) in [7, 11) is 0. The SMILES string of the molecule is Cc1[nH]nc(C(=O)NC(C)c2cccc(Br)c2)c1Br. The Morgan fingerprint density at radius 1 is 1.42 bits per heavy atom.